The average molecular weight is 387 g/mol. The van der Waals surface area contributed by atoms with E-state index in [0.29, 0.717) is 18.5 Å². The largest absolute Gasteiger partial charge is 0.336 e. The molecule has 6 heteroatoms. The molecule has 0 saturated carbocycles. The van der Waals surface area contributed by atoms with Crippen LogP contribution in [0.15, 0.2) is 35.8 Å². The third-order valence-corrected chi connectivity index (χ3v) is 6.17. The van der Waals surface area contributed by atoms with Crippen LogP contribution in [-0.2, 0) is 0 Å². The zero-order valence-corrected chi connectivity index (χ0v) is 17.3. The molecule has 1 aromatic carbocycles. The van der Waals surface area contributed by atoms with E-state index < -0.39 is 0 Å². The first kappa shape index (κ1) is 19.8. The van der Waals surface area contributed by atoms with Gasteiger partial charge >= 0.3 is 6.03 Å². The molecule has 146 valence electrons. The van der Waals surface area contributed by atoms with Crippen LogP contribution in [0.1, 0.15) is 33.6 Å². The van der Waals surface area contributed by atoms with Crippen LogP contribution in [0.3, 0.4) is 0 Å². The third-order valence-electron chi connectivity index (χ3n) is 5.35. The van der Waals surface area contributed by atoms with Crippen LogP contribution in [0.2, 0.25) is 0 Å². The molecule has 5 nitrogen and oxygen atoms in total. The van der Waals surface area contributed by atoms with Crippen LogP contribution in [0.25, 0.3) is 10.6 Å². The first-order chi connectivity index (χ1) is 13.0. The Morgan fingerprint density at radius 1 is 1.26 bits per heavy atom. The van der Waals surface area contributed by atoms with Crippen LogP contribution in [0, 0.1) is 11.8 Å². The number of urea groups is 1. The molecule has 1 aliphatic rings. The lowest BCUT2D eigenvalue weighted by Gasteiger charge is -2.38. The number of carbonyl (C=O) groups is 1. The fourth-order valence-electron chi connectivity index (χ4n) is 3.58. The third kappa shape index (κ3) is 5.53. The molecule has 1 fully saturated rings. The Morgan fingerprint density at radius 3 is 2.56 bits per heavy atom. The number of nitrogens with one attached hydrogen (secondary N) is 2. The van der Waals surface area contributed by atoms with E-state index in [-0.39, 0.29) is 6.03 Å². The number of rotatable bonds is 6. The van der Waals surface area contributed by atoms with Gasteiger partial charge in [0.25, 0.3) is 0 Å². The normalized spacial score (nSPS) is 17.0. The molecule has 0 aliphatic carbocycles. The first-order valence-electron chi connectivity index (χ1n) is 9.81. The highest BCUT2D eigenvalue weighted by Crippen LogP contribution is 2.23. The number of hydrogen-bond acceptors (Lipinski definition) is 4. The van der Waals surface area contributed by atoms with Gasteiger partial charge in [-0.05, 0) is 62.0 Å². The fourth-order valence-corrected chi connectivity index (χ4v) is 4.23. The zero-order chi connectivity index (χ0) is 19.2. The Morgan fingerprint density at radius 2 is 1.96 bits per heavy atom. The molecule has 1 saturated heterocycles. The SMILES string of the molecule is CC1CCN([C@H](CNC(=O)Nc2ccc(-c3nccs3)cc2)C(C)C)CC1. The average Bonchev–Trinajstić information content (AvgIpc) is 3.18. The number of anilines is 1. The van der Waals surface area contributed by atoms with Gasteiger partial charge in [0.1, 0.15) is 5.01 Å². The maximum atomic E-state index is 12.3. The number of carbonyl (C=O) groups excluding carboxylic acids is 1. The lowest BCUT2D eigenvalue weighted by atomic mass is 9.94. The van der Waals surface area contributed by atoms with Crippen molar-refractivity contribution in [3.05, 3.63) is 35.8 Å². The summed E-state index contributed by atoms with van der Waals surface area (Å²) in [5, 5.41) is 8.94. The van der Waals surface area contributed by atoms with Gasteiger partial charge in [-0.1, -0.05) is 20.8 Å². The van der Waals surface area contributed by atoms with Crippen molar-refractivity contribution >= 4 is 23.1 Å². The number of aromatic nitrogens is 1. The minimum atomic E-state index is -0.145. The molecule has 0 unspecified atom stereocenters. The van der Waals surface area contributed by atoms with Gasteiger partial charge < -0.3 is 10.6 Å². The monoisotopic (exact) mass is 386 g/mol. The van der Waals surface area contributed by atoms with E-state index >= 15 is 0 Å². The highest BCUT2D eigenvalue weighted by molar-refractivity contribution is 7.13. The molecule has 2 N–H and O–H groups in total. The van der Waals surface area contributed by atoms with Crippen molar-refractivity contribution in [2.24, 2.45) is 11.8 Å². The van der Waals surface area contributed by atoms with Crippen molar-refractivity contribution < 1.29 is 4.79 Å². The van der Waals surface area contributed by atoms with E-state index in [1.165, 1.54) is 12.8 Å². The smallest absolute Gasteiger partial charge is 0.319 e. The highest BCUT2D eigenvalue weighted by atomic mass is 32.1. The molecule has 3 rings (SSSR count). The lowest BCUT2D eigenvalue weighted by Crippen LogP contribution is -2.50. The summed E-state index contributed by atoms with van der Waals surface area (Å²) in [6, 6.07) is 8.05. The summed E-state index contributed by atoms with van der Waals surface area (Å²) in [4.78, 5) is 19.2. The van der Waals surface area contributed by atoms with Crippen molar-refractivity contribution in [1.29, 1.82) is 0 Å². The van der Waals surface area contributed by atoms with E-state index in [1.54, 1.807) is 17.5 Å². The second-order valence-corrected chi connectivity index (χ2v) is 8.67. The van der Waals surface area contributed by atoms with Crippen molar-refractivity contribution in [3.8, 4) is 10.6 Å². The van der Waals surface area contributed by atoms with Gasteiger partial charge in [0.05, 0.1) is 0 Å². The number of hydrogen-bond donors (Lipinski definition) is 2. The Labute approximate surface area is 166 Å². The van der Waals surface area contributed by atoms with Gasteiger partial charge in [-0.2, -0.15) is 0 Å². The second-order valence-electron chi connectivity index (χ2n) is 7.78. The van der Waals surface area contributed by atoms with Crippen molar-refractivity contribution in [3.63, 3.8) is 0 Å². The number of nitrogens with zero attached hydrogens (tertiary/aromatic N) is 2. The van der Waals surface area contributed by atoms with Gasteiger partial charge in [0, 0.05) is 35.4 Å². The highest BCUT2D eigenvalue weighted by Gasteiger charge is 2.25. The van der Waals surface area contributed by atoms with Gasteiger partial charge in [-0.15, -0.1) is 11.3 Å². The number of benzene rings is 1. The molecule has 2 aromatic rings. The van der Waals surface area contributed by atoms with Crippen LogP contribution < -0.4 is 10.6 Å². The predicted molar refractivity (Wildman–Crippen MR) is 113 cm³/mol. The summed E-state index contributed by atoms with van der Waals surface area (Å²) in [7, 11) is 0. The number of thiazole rings is 1. The summed E-state index contributed by atoms with van der Waals surface area (Å²) in [5.41, 5.74) is 1.86. The van der Waals surface area contributed by atoms with Crippen LogP contribution in [0.5, 0.6) is 0 Å². The van der Waals surface area contributed by atoms with Gasteiger partial charge in [0.15, 0.2) is 0 Å². The van der Waals surface area contributed by atoms with Crippen molar-refractivity contribution in [2.75, 3.05) is 25.0 Å². The first-order valence-corrected chi connectivity index (χ1v) is 10.7. The minimum Gasteiger partial charge on any atom is -0.336 e. The van der Waals surface area contributed by atoms with E-state index in [0.717, 1.165) is 35.3 Å². The quantitative estimate of drug-likeness (QED) is 0.757. The second kappa shape index (κ2) is 9.33. The van der Waals surface area contributed by atoms with Crippen molar-refractivity contribution in [1.82, 2.24) is 15.2 Å². The standard InChI is InChI=1S/C21H30N4OS/c1-15(2)19(25-11-8-16(3)9-12-25)14-23-21(26)24-18-6-4-17(5-7-18)20-22-10-13-27-20/h4-7,10,13,15-16,19H,8-9,11-12,14H2,1-3H3,(H2,23,24,26)/t19-/m1/s1. The van der Waals surface area contributed by atoms with E-state index in [1.807, 2.05) is 29.6 Å². The Balaban J connectivity index is 1.50. The number of likely N-dealkylation sites (tertiary alicyclic amines) is 1. The maximum Gasteiger partial charge on any atom is 0.319 e. The molecule has 1 aromatic heterocycles. The molecule has 1 aliphatic heterocycles. The van der Waals surface area contributed by atoms with Crippen LogP contribution in [-0.4, -0.2) is 41.6 Å². The molecule has 2 heterocycles. The van der Waals surface area contributed by atoms with Crippen LogP contribution in [0.4, 0.5) is 10.5 Å². The Bertz CT molecular complexity index is 706. The van der Waals surface area contributed by atoms with E-state index in [4.69, 9.17) is 0 Å². The van der Waals surface area contributed by atoms with E-state index in [9.17, 15) is 4.79 Å². The summed E-state index contributed by atoms with van der Waals surface area (Å²) < 4.78 is 0. The summed E-state index contributed by atoms with van der Waals surface area (Å²) >= 11 is 1.61. The molecule has 27 heavy (non-hydrogen) atoms. The zero-order valence-electron chi connectivity index (χ0n) is 16.4. The molecule has 0 radical (unpaired) electrons. The molecular weight excluding hydrogens is 356 g/mol. The Hall–Kier alpha value is -1.92. The summed E-state index contributed by atoms with van der Waals surface area (Å²) in [5.74, 6) is 1.33. The Kier molecular flexibility index (Phi) is 6.85. The molecule has 2 amide bonds. The minimum absolute atomic E-state index is 0.145. The molecule has 0 bridgehead atoms. The lowest BCUT2D eigenvalue weighted by molar-refractivity contribution is 0.108. The molecule has 1 atom stereocenters. The van der Waals surface area contributed by atoms with Gasteiger partial charge in [-0.25, -0.2) is 9.78 Å². The van der Waals surface area contributed by atoms with Gasteiger partial charge in [0.2, 0.25) is 0 Å². The van der Waals surface area contributed by atoms with E-state index in [2.05, 4.69) is 41.3 Å². The maximum absolute atomic E-state index is 12.3. The fraction of sp³-hybridized carbons (Fsp3) is 0.524. The molecular formula is C21H30N4OS. The number of amides is 2. The predicted octanol–water partition coefficient (Wildman–Crippen LogP) is 4.69. The summed E-state index contributed by atoms with van der Waals surface area (Å²) in [6.45, 7) is 9.73. The molecule has 0 spiro atoms. The topological polar surface area (TPSA) is 57.3 Å². The number of piperidine rings is 1. The van der Waals surface area contributed by atoms with Crippen LogP contribution >= 0.6 is 11.3 Å². The van der Waals surface area contributed by atoms with Gasteiger partial charge in [-0.3, -0.25) is 4.90 Å². The summed E-state index contributed by atoms with van der Waals surface area (Å²) in [6.07, 6.45) is 4.30. The van der Waals surface area contributed by atoms with Crippen molar-refractivity contribution in [2.45, 2.75) is 39.7 Å².